The Morgan fingerprint density at radius 1 is 1.25 bits per heavy atom. The first kappa shape index (κ1) is 14.1. The lowest BCUT2D eigenvalue weighted by molar-refractivity contribution is -0.384. The van der Waals surface area contributed by atoms with Crippen LogP contribution in [0.25, 0.3) is 0 Å². The molecule has 0 aliphatic heterocycles. The van der Waals surface area contributed by atoms with Crippen molar-refractivity contribution in [1.29, 1.82) is 0 Å². The Bertz CT molecular complexity index is 661. The van der Waals surface area contributed by atoms with E-state index < -0.39 is 4.92 Å². The number of nitrogens with one attached hydrogen (secondary N) is 1. The fraction of sp³-hybridized carbons (Fsp3) is 0.0769. The summed E-state index contributed by atoms with van der Waals surface area (Å²) in [6, 6.07) is 9.34. The molecule has 0 fully saturated rings. The molecule has 0 radical (unpaired) electrons. The van der Waals surface area contributed by atoms with E-state index in [0.29, 0.717) is 22.2 Å². The molecule has 0 aromatic heterocycles. The molecule has 0 bridgehead atoms. The third kappa shape index (κ3) is 3.17. The highest BCUT2D eigenvalue weighted by Crippen LogP contribution is 2.30. The Kier molecular flexibility index (Phi) is 4.07. The van der Waals surface area contributed by atoms with Crippen LogP contribution in [-0.4, -0.2) is 4.92 Å². The van der Waals surface area contributed by atoms with E-state index in [-0.39, 0.29) is 5.69 Å². The molecule has 0 heterocycles. The van der Waals surface area contributed by atoms with E-state index in [1.807, 2.05) is 6.92 Å². The monoisotopic (exact) mass is 293 g/mol. The van der Waals surface area contributed by atoms with Crippen LogP contribution < -0.4 is 16.0 Å². The first-order valence-electron chi connectivity index (χ1n) is 5.69. The highest BCUT2D eigenvalue weighted by molar-refractivity contribution is 6.31. The number of hydrazine groups is 1. The van der Waals surface area contributed by atoms with Gasteiger partial charge in [-0.05, 0) is 30.7 Å². The quantitative estimate of drug-likeness (QED) is 0.510. The molecule has 0 aliphatic rings. The van der Waals surface area contributed by atoms with Gasteiger partial charge in [0.1, 0.15) is 11.5 Å². The molecule has 3 N–H and O–H groups in total. The minimum absolute atomic E-state index is 0.110. The first-order chi connectivity index (χ1) is 9.49. The van der Waals surface area contributed by atoms with Gasteiger partial charge in [0.25, 0.3) is 5.69 Å². The smallest absolute Gasteiger partial charge is 0.275 e. The van der Waals surface area contributed by atoms with Crippen molar-refractivity contribution in [2.24, 2.45) is 5.84 Å². The predicted octanol–water partition coefficient (Wildman–Crippen LogP) is 3.63. The molecule has 0 atom stereocenters. The summed E-state index contributed by atoms with van der Waals surface area (Å²) in [5, 5.41) is 11.5. The Balaban J connectivity index is 2.34. The number of rotatable bonds is 4. The van der Waals surface area contributed by atoms with Crippen molar-refractivity contribution in [3.63, 3.8) is 0 Å². The highest BCUT2D eigenvalue weighted by atomic mass is 35.5. The molecule has 0 saturated heterocycles. The van der Waals surface area contributed by atoms with Crippen molar-refractivity contribution < 1.29 is 9.66 Å². The zero-order valence-corrected chi connectivity index (χ0v) is 11.3. The van der Waals surface area contributed by atoms with E-state index >= 15 is 0 Å². The van der Waals surface area contributed by atoms with Gasteiger partial charge < -0.3 is 10.2 Å². The molecule has 20 heavy (non-hydrogen) atoms. The molecular formula is C13H12ClN3O3. The Labute approximate surface area is 120 Å². The molecular weight excluding hydrogens is 282 g/mol. The maximum Gasteiger partial charge on any atom is 0.275 e. The minimum Gasteiger partial charge on any atom is -0.457 e. The van der Waals surface area contributed by atoms with Crippen LogP contribution >= 0.6 is 11.6 Å². The summed E-state index contributed by atoms with van der Waals surface area (Å²) in [6.45, 7) is 1.84. The average Bonchev–Trinajstić information content (AvgIpc) is 2.42. The van der Waals surface area contributed by atoms with Gasteiger partial charge in [-0.15, -0.1) is 0 Å². The van der Waals surface area contributed by atoms with Crippen molar-refractivity contribution in [3.8, 4) is 11.5 Å². The lowest BCUT2D eigenvalue weighted by Gasteiger charge is -2.09. The molecule has 0 amide bonds. The van der Waals surface area contributed by atoms with E-state index in [4.69, 9.17) is 22.2 Å². The summed E-state index contributed by atoms with van der Waals surface area (Å²) in [6.07, 6.45) is 0. The summed E-state index contributed by atoms with van der Waals surface area (Å²) < 4.78 is 5.59. The number of nitrogens with zero attached hydrogens (tertiary/aromatic N) is 1. The number of nitrogen functional groups attached to an aromatic ring is 1. The Morgan fingerprint density at radius 2 is 2.00 bits per heavy atom. The molecule has 6 nitrogen and oxygen atoms in total. The number of nitro groups is 1. The van der Waals surface area contributed by atoms with Crippen LogP contribution in [0.4, 0.5) is 11.4 Å². The second kappa shape index (κ2) is 5.77. The van der Waals surface area contributed by atoms with Crippen molar-refractivity contribution in [2.75, 3.05) is 5.43 Å². The third-order valence-electron chi connectivity index (χ3n) is 2.63. The number of hydrogen-bond acceptors (Lipinski definition) is 5. The summed E-state index contributed by atoms with van der Waals surface area (Å²) in [5.41, 5.74) is 3.50. The van der Waals surface area contributed by atoms with Gasteiger partial charge >= 0.3 is 0 Å². The maximum absolute atomic E-state index is 10.8. The van der Waals surface area contributed by atoms with Gasteiger partial charge in [0.15, 0.2) is 0 Å². The molecule has 0 spiro atoms. The van der Waals surface area contributed by atoms with Crippen molar-refractivity contribution >= 4 is 23.0 Å². The van der Waals surface area contributed by atoms with Gasteiger partial charge in [0.05, 0.1) is 16.7 Å². The topological polar surface area (TPSA) is 90.4 Å². The lowest BCUT2D eigenvalue weighted by Crippen LogP contribution is -2.07. The number of non-ortho nitro benzene ring substituents is 1. The van der Waals surface area contributed by atoms with Gasteiger partial charge in [-0.1, -0.05) is 11.6 Å². The SMILES string of the molecule is Cc1cc(Oc2cc(NN)cc([N+](=O)[O-])c2)ccc1Cl. The van der Waals surface area contributed by atoms with Crippen LogP contribution in [0.1, 0.15) is 5.56 Å². The Morgan fingerprint density at radius 3 is 2.60 bits per heavy atom. The van der Waals surface area contributed by atoms with E-state index in [1.165, 1.54) is 12.1 Å². The van der Waals surface area contributed by atoms with Gasteiger partial charge in [0.2, 0.25) is 0 Å². The fourth-order valence-corrected chi connectivity index (χ4v) is 1.77. The van der Waals surface area contributed by atoms with Crippen LogP contribution in [-0.2, 0) is 0 Å². The van der Waals surface area contributed by atoms with Gasteiger partial charge in [-0.25, -0.2) is 0 Å². The highest BCUT2D eigenvalue weighted by Gasteiger charge is 2.11. The standard InChI is InChI=1S/C13H12ClN3O3/c1-8-4-11(2-3-13(8)14)20-12-6-9(16-15)5-10(7-12)17(18)19/h2-7,16H,15H2,1H3. The van der Waals surface area contributed by atoms with Crippen molar-refractivity contribution in [3.05, 3.63) is 57.1 Å². The molecule has 7 heteroatoms. The lowest BCUT2D eigenvalue weighted by atomic mass is 10.2. The maximum atomic E-state index is 10.8. The largest absolute Gasteiger partial charge is 0.457 e. The number of benzene rings is 2. The number of ether oxygens (including phenoxy) is 1. The number of nitrogens with two attached hydrogens (primary N) is 1. The number of halogens is 1. The summed E-state index contributed by atoms with van der Waals surface area (Å²) >= 11 is 5.93. The second-order valence-corrected chi connectivity index (χ2v) is 4.54. The average molecular weight is 294 g/mol. The van der Waals surface area contributed by atoms with Gasteiger partial charge in [-0.2, -0.15) is 0 Å². The van der Waals surface area contributed by atoms with Crippen molar-refractivity contribution in [2.45, 2.75) is 6.92 Å². The number of anilines is 1. The second-order valence-electron chi connectivity index (χ2n) is 4.13. The van der Waals surface area contributed by atoms with Crippen LogP contribution in [0, 0.1) is 17.0 Å². The number of nitro benzene ring substituents is 1. The predicted molar refractivity (Wildman–Crippen MR) is 77.2 cm³/mol. The minimum atomic E-state index is -0.513. The molecule has 2 aromatic carbocycles. The normalized spacial score (nSPS) is 10.2. The van der Waals surface area contributed by atoms with Gasteiger partial charge in [0, 0.05) is 17.2 Å². The molecule has 0 unspecified atom stereocenters. The van der Waals surface area contributed by atoms with Crippen LogP contribution in [0.15, 0.2) is 36.4 Å². The third-order valence-corrected chi connectivity index (χ3v) is 3.06. The van der Waals surface area contributed by atoms with Crippen LogP contribution in [0.2, 0.25) is 5.02 Å². The van der Waals surface area contributed by atoms with Crippen molar-refractivity contribution in [1.82, 2.24) is 0 Å². The summed E-state index contributed by atoms with van der Waals surface area (Å²) in [4.78, 5) is 10.3. The molecule has 104 valence electrons. The Hall–Kier alpha value is -2.31. The zero-order valence-electron chi connectivity index (χ0n) is 10.6. The van der Waals surface area contributed by atoms with Crippen LogP contribution in [0.3, 0.4) is 0 Å². The van der Waals surface area contributed by atoms with E-state index in [2.05, 4.69) is 5.43 Å². The molecule has 2 rings (SSSR count). The summed E-state index contributed by atoms with van der Waals surface area (Å²) in [7, 11) is 0. The first-order valence-corrected chi connectivity index (χ1v) is 6.07. The number of hydrogen-bond donors (Lipinski definition) is 2. The van der Waals surface area contributed by atoms with E-state index in [9.17, 15) is 10.1 Å². The molecule has 2 aromatic rings. The van der Waals surface area contributed by atoms with E-state index in [0.717, 1.165) is 5.56 Å². The fourth-order valence-electron chi connectivity index (χ4n) is 1.65. The molecule has 0 saturated carbocycles. The van der Waals surface area contributed by atoms with Gasteiger partial charge in [-0.3, -0.25) is 16.0 Å². The van der Waals surface area contributed by atoms with E-state index in [1.54, 1.807) is 24.3 Å². The zero-order chi connectivity index (χ0) is 14.7. The number of aryl methyl sites for hydroxylation is 1. The summed E-state index contributed by atoms with van der Waals surface area (Å²) in [5.74, 6) is 6.13. The van der Waals surface area contributed by atoms with Crippen LogP contribution in [0.5, 0.6) is 11.5 Å². The molecule has 0 aliphatic carbocycles.